The van der Waals surface area contributed by atoms with Gasteiger partial charge in [-0.3, -0.25) is 14.1 Å². The minimum Gasteiger partial charge on any atom is -0.382 e. The Morgan fingerprint density at radius 1 is 1.05 bits per heavy atom. The Hall–Kier alpha value is -4.13. The lowest BCUT2D eigenvalue weighted by Crippen LogP contribution is -2.49. The first-order valence-electron chi connectivity index (χ1n) is 12.5. The van der Waals surface area contributed by atoms with E-state index in [1.165, 1.54) is 12.1 Å². The normalized spacial score (nSPS) is 18.7. The number of benzene rings is 1. The van der Waals surface area contributed by atoms with E-state index in [1.807, 2.05) is 4.40 Å². The number of fused-ring (bicyclic) bond motifs is 1. The summed E-state index contributed by atoms with van der Waals surface area (Å²) in [5, 5.41) is 2.38. The summed E-state index contributed by atoms with van der Waals surface area (Å²) in [4.78, 5) is 27.2. The van der Waals surface area contributed by atoms with Crippen LogP contribution in [0.3, 0.4) is 0 Å². The van der Waals surface area contributed by atoms with Crippen LogP contribution in [0.4, 0.5) is 33.6 Å². The molecule has 0 radical (unpaired) electrons. The van der Waals surface area contributed by atoms with Crippen LogP contribution in [0.1, 0.15) is 47.4 Å². The molecule has 8 nitrogen and oxygen atoms in total. The number of hydrogen-bond donors (Lipinski definition) is 2. The third-order valence-electron chi connectivity index (χ3n) is 7.14. The molecule has 0 bridgehead atoms. The number of likely N-dealkylation sites (tertiary alicyclic amines) is 1. The maximum atomic E-state index is 14.0. The van der Waals surface area contributed by atoms with Gasteiger partial charge in [0, 0.05) is 49.1 Å². The first-order chi connectivity index (χ1) is 18.8. The predicted octanol–water partition coefficient (Wildman–Crippen LogP) is 5.48. The quantitative estimate of drug-likeness (QED) is 0.314. The molecule has 1 fully saturated rings. The van der Waals surface area contributed by atoms with Gasteiger partial charge in [-0.25, -0.2) is 23.7 Å². The summed E-state index contributed by atoms with van der Waals surface area (Å²) in [5.74, 6) is -2.91. The average molecular weight is 560 g/mol. The average Bonchev–Trinajstić information content (AvgIpc) is 3.29. The number of rotatable bonds is 5. The molecule has 3 aromatic heterocycles. The van der Waals surface area contributed by atoms with Gasteiger partial charge in [0.2, 0.25) is 0 Å². The van der Waals surface area contributed by atoms with Crippen LogP contribution in [0.5, 0.6) is 0 Å². The molecule has 5 rings (SSSR count). The first-order valence-corrected chi connectivity index (χ1v) is 12.5. The number of imidazole rings is 1. The van der Waals surface area contributed by atoms with E-state index in [0.717, 1.165) is 25.3 Å². The number of anilines is 2. The highest BCUT2D eigenvalue weighted by molar-refractivity contribution is 6.04. The van der Waals surface area contributed by atoms with Gasteiger partial charge in [0.05, 0.1) is 11.6 Å². The van der Waals surface area contributed by atoms with Gasteiger partial charge in [-0.1, -0.05) is 12.1 Å². The Bertz CT molecular complexity index is 1550. The molecule has 0 aliphatic carbocycles. The largest absolute Gasteiger partial charge is 0.416 e. The van der Waals surface area contributed by atoms with Gasteiger partial charge < -0.3 is 11.1 Å². The lowest BCUT2D eigenvalue weighted by molar-refractivity contribution is -0.137. The molecule has 1 aromatic carbocycles. The number of carbonyl (C=O) groups is 1. The molecule has 1 amide bonds. The Morgan fingerprint density at radius 3 is 2.42 bits per heavy atom. The fourth-order valence-corrected chi connectivity index (χ4v) is 5.22. The molecule has 1 aliphatic rings. The highest BCUT2D eigenvalue weighted by Gasteiger charge is 2.41. The minimum absolute atomic E-state index is 0.128. The molecule has 4 heterocycles. The molecule has 0 unspecified atom stereocenters. The third kappa shape index (κ3) is 5.33. The van der Waals surface area contributed by atoms with Gasteiger partial charge in [-0.2, -0.15) is 13.2 Å². The maximum Gasteiger partial charge on any atom is 0.416 e. The van der Waals surface area contributed by atoms with Crippen molar-refractivity contribution in [3.63, 3.8) is 0 Å². The molecule has 40 heavy (non-hydrogen) atoms. The van der Waals surface area contributed by atoms with Crippen LogP contribution < -0.4 is 11.1 Å². The second kappa shape index (κ2) is 10.1. The fraction of sp³-hybridized carbons (Fsp3) is 0.333. The standard InChI is InChI=1S/C27H26F5N7O/c1-26(28,29)19-8-7-17(14-38(19)2)24-37-21(22-23(33)35-11-12-39(22)24)15-3-5-16(6-4-15)25(40)36-20-13-18(9-10-34-20)27(30,31)32/h3-6,9-13,17,19H,7-8,14H2,1-2H3,(H2,33,35)(H,34,36,40)/t17-,19-/m0/s1. The number of hydrogen-bond acceptors (Lipinski definition) is 6. The van der Waals surface area contributed by atoms with E-state index in [0.29, 0.717) is 42.0 Å². The summed E-state index contributed by atoms with van der Waals surface area (Å²) in [7, 11) is 1.68. The van der Waals surface area contributed by atoms with Crippen molar-refractivity contribution in [2.45, 2.75) is 43.8 Å². The highest BCUT2D eigenvalue weighted by atomic mass is 19.4. The zero-order valence-electron chi connectivity index (χ0n) is 21.6. The van der Waals surface area contributed by atoms with Crippen LogP contribution in [0.15, 0.2) is 55.0 Å². The van der Waals surface area contributed by atoms with Gasteiger partial charge in [0.25, 0.3) is 11.8 Å². The van der Waals surface area contributed by atoms with Crippen LogP contribution >= 0.6 is 0 Å². The number of nitrogens with zero attached hydrogens (tertiary/aromatic N) is 5. The van der Waals surface area contributed by atoms with Crippen LogP contribution in [-0.4, -0.2) is 55.7 Å². The van der Waals surface area contributed by atoms with E-state index < -0.39 is 29.6 Å². The zero-order valence-corrected chi connectivity index (χ0v) is 21.6. The summed E-state index contributed by atoms with van der Waals surface area (Å²) in [6.45, 7) is 1.32. The molecular weight excluding hydrogens is 533 g/mol. The minimum atomic E-state index is -4.57. The molecule has 3 N–H and O–H groups in total. The molecule has 210 valence electrons. The molecule has 4 aromatic rings. The maximum absolute atomic E-state index is 14.0. The van der Waals surface area contributed by atoms with Crippen molar-refractivity contribution in [1.82, 2.24) is 24.3 Å². The van der Waals surface area contributed by atoms with Crippen molar-refractivity contribution < 1.29 is 26.7 Å². The lowest BCUT2D eigenvalue weighted by atomic mass is 9.90. The Labute approximate surface area is 226 Å². The Morgan fingerprint density at radius 2 is 1.77 bits per heavy atom. The highest BCUT2D eigenvalue weighted by Crippen LogP contribution is 2.38. The smallest absolute Gasteiger partial charge is 0.382 e. The SMILES string of the molecule is CN1C[C@@H](c2nc(-c3ccc(C(=O)Nc4cc(C(F)(F)F)ccn4)cc3)c3c(N)nccn23)CC[C@H]1C(C)(F)F. The number of piperidine rings is 1. The summed E-state index contributed by atoms with van der Waals surface area (Å²) in [6.07, 6.45) is 0.494. The van der Waals surface area contributed by atoms with E-state index >= 15 is 0 Å². The first kappa shape index (κ1) is 27.4. The summed E-state index contributed by atoms with van der Waals surface area (Å²) >= 11 is 0. The second-order valence-corrected chi connectivity index (χ2v) is 9.99. The number of likely N-dealkylation sites (N-methyl/N-ethyl adjacent to an activating group) is 1. The Kier molecular flexibility index (Phi) is 6.94. The molecule has 0 spiro atoms. The van der Waals surface area contributed by atoms with Gasteiger partial charge in [-0.05, 0) is 44.2 Å². The molecule has 13 heteroatoms. The van der Waals surface area contributed by atoms with Crippen molar-refractivity contribution in [3.05, 3.63) is 71.9 Å². The van der Waals surface area contributed by atoms with E-state index in [1.54, 1.807) is 36.5 Å². The number of pyridine rings is 1. The summed E-state index contributed by atoms with van der Waals surface area (Å²) in [6, 6.07) is 7.04. The van der Waals surface area contributed by atoms with Crippen LogP contribution in [0.25, 0.3) is 16.8 Å². The monoisotopic (exact) mass is 559 g/mol. The molecule has 0 saturated carbocycles. The lowest BCUT2D eigenvalue weighted by Gasteiger charge is -2.39. The summed E-state index contributed by atoms with van der Waals surface area (Å²) in [5.41, 5.74) is 7.17. The fourth-order valence-electron chi connectivity index (χ4n) is 5.22. The van der Waals surface area contributed by atoms with E-state index in [2.05, 4.69) is 15.3 Å². The Balaban J connectivity index is 1.41. The van der Waals surface area contributed by atoms with Crippen LogP contribution in [0, 0.1) is 0 Å². The van der Waals surface area contributed by atoms with E-state index in [9.17, 15) is 26.7 Å². The van der Waals surface area contributed by atoms with Crippen LogP contribution in [-0.2, 0) is 6.18 Å². The number of nitrogen functional groups attached to an aromatic ring is 1. The summed E-state index contributed by atoms with van der Waals surface area (Å²) < 4.78 is 68.8. The van der Waals surface area contributed by atoms with Gasteiger partial charge >= 0.3 is 6.18 Å². The molecule has 1 saturated heterocycles. The van der Waals surface area contributed by atoms with E-state index in [-0.39, 0.29) is 23.1 Å². The number of nitrogens with one attached hydrogen (secondary N) is 1. The van der Waals surface area contributed by atoms with Gasteiger partial charge in [-0.15, -0.1) is 0 Å². The number of alkyl halides is 5. The molecular formula is C27H26F5N7O. The van der Waals surface area contributed by atoms with Gasteiger partial charge in [0.1, 0.15) is 28.7 Å². The number of nitrogens with two attached hydrogens (primary N) is 1. The molecule has 1 aliphatic heterocycles. The predicted molar refractivity (Wildman–Crippen MR) is 139 cm³/mol. The molecule has 2 atom stereocenters. The van der Waals surface area contributed by atoms with Crippen molar-refractivity contribution in [2.75, 3.05) is 24.6 Å². The number of halogens is 5. The third-order valence-corrected chi connectivity index (χ3v) is 7.14. The van der Waals surface area contributed by atoms with Crippen LogP contribution in [0.2, 0.25) is 0 Å². The van der Waals surface area contributed by atoms with Crippen molar-refractivity contribution in [1.29, 1.82) is 0 Å². The second-order valence-electron chi connectivity index (χ2n) is 9.99. The number of carbonyl (C=O) groups excluding carboxylic acids is 1. The zero-order chi connectivity index (χ0) is 28.8. The van der Waals surface area contributed by atoms with Crippen molar-refractivity contribution >= 4 is 23.1 Å². The number of amides is 1. The van der Waals surface area contributed by atoms with E-state index in [4.69, 9.17) is 10.7 Å². The topological polar surface area (TPSA) is 101 Å². The van der Waals surface area contributed by atoms with Crippen molar-refractivity contribution in [3.8, 4) is 11.3 Å². The number of aromatic nitrogens is 4. The van der Waals surface area contributed by atoms with Crippen molar-refractivity contribution in [2.24, 2.45) is 0 Å². The van der Waals surface area contributed by atoms with Gasteiger partial charge in [0.15, 0.2) is 0 Å².